The van der Waals surface area contributed by atoms with Crippen molar-refractivity contribution >= 4 is 23.0 Å². The van der Waals surface area contributed by atoms with E-state index in [0.717, 1.165) is 30.5 Å². The van der Waals surface area contributed by atoms with Crippen LogP contribution in [0.25, 0.3) is 22.4 Å². The van der Waals surface area contributed by atoms with Crippen molar-refractivity contribution in [1.29, 1.82) is 0 Å². The van der Waals surface area contributed by atoms with E-state index in [0.29, 0.717) is 23.5 Å². The molecule has 2 heterocycles. The van der Waals surface area contributed by atoms with E-state index in [-0.39, 0.29) is 6.03 Å². The minimum atomic E-state index is -0.255. The Hall–Kier alpha value is -3.02. The molecule has 2 aromatic heterocycles. The summed E-state index contributed by atoms with van der Waals surface area (Å²) in [6, 6.07) is 13.1. The summed E-state index contributed by atoms with van der Waals surface area (Å²) < 4.78 is 0. The summed E-state index contributed by atoms with van der Waals surface area (Å²) in [5.74, 6) is 0.458. The third kappa shape index (κ3) is 4.50. The van der Waals surface area contributed by atoms with Crippen molar-refractivity contribution in [2.45, 2.75) is 26.2 Å². The van der Waals surface area contributed by atoms with Gasteiger partial charge in [-0.1, -0.05) is 50.1 Å². The maximum atomic E-state index is 11.9. The first-order valence-corrected chi connectivity index (χ1v) is 8.50. The number of rotatable bonds is 6. The van der Waals surface area contributed by atoms with Crippen molar-refractivity contribution < 1.29 is 4.79 Å². The van der Waals surface area contributed by atoms with Crippen LogP contribution in [0.1, 0.15) is 26.2 Å². The summed E-state index contributed by atoms with van der Waals surface area (Å²) in [5, 5.41) is 5.57. The number of nitrogens with zero attached hydrogens (tertiary/aromatic N) is 3. The molecule has 0 atom stereocenters. The van der Waals surface area contributed by atoms with Gasteiger partial charge in [0.05, 0.1) is 11.9 Å². The van der Waals surface area contributed by atoms with Crippen molar-refractivity contribution in [3.05, 3.63) is 48.7 Å². The van der Waals surface area contributed by atoms with E-state index in [2.05, 4.69) is 32.5 Å². The Balaban J connectivity index is 1.73. The Morgan fingerprint density at radius 2 is 1.88 bits per heavy atom. The Morgan fingerprint density at radius 3 is 2.68 bits per heavy atom. The topological polar surface area (TPSA) is 79.8 Å². The minimum absolute atomic E-state index is 0.255. The molecule has 6 nitrogen and oxygen atoms in total. The maximum Gasteiger partial charge on any atom is 0.320 e. The number of anilines is 1. The Morgan fingerprint density at radius 1 is 1.04 bits per heavy atom. The SMILES string of the molecule is CCCCCNC(=O)Nc1ccc2ncc(-c3ccccc3)nc2n1. The summed E-state index contributed by atoms with van der Waals surface area (Å²) in [6.07, 6.45) is 4.93. The first-order valence-electron chi connectivity index (χ1n) is 8.50. The quantitative estimate of drug-likeness (QED) is 0.667. The number of carbonyl (C=O) groups is 1. The first-order chi connectivity index (χ1) is 12.3. The van der Waals surface area contributed by atoms with E-state index in [1.807, 2.05) is 30.3 Å². The molecule has 0 unspecified atom stereocenters. The van der Waals surface area contributed by atoms with Gasteiger partial charge in [0.1, 0.15) is 11.3 Å². The summed E-state index contributed by atoms with van der Waals surface area (Å²) >= 11 is 0. The molecule has 25 heavy (non-hydrogen) atoms. The van der Waals surface area contributed by atoms with Gasteiger partial charge in [0.15, 0.2) is 5.65 Å². The van der Waals surface area contributed by atoms with Gasteiger partial charge in [-0.15, -0.1) is 0 Å². The second kappa shape index (κ2) is 8.19. The molecule has 6 heteroatoms. The lowest BCUT2D eigenvalue weighted by molar-refractivity contribution is 0.252. The number of unbranched alkanes of at least 4 members (excludes halogenated alkanes) is 2. The normalized spacial score (nSPS) is 10.6. The number of amides is 2. The van der Waals surface area contributed by atoms with Crippen LogP contribution in [0.2, 0.25) is 0 Å². The fourth-order valence-corrected chi connectivity index (χ4v) is 2.45. The molecule has 0 spiro atoms. The number of hydrogen-bond acceptors (Lipinski definition) is 4. The van der Waals surface area contributed by atoms with Crippen LogP contribution in [0.5, 0.6) is 0 Å². The van der Waals surface area contributed by atoms with E-state index < -0.39 is 0 Å². The molecule has 0 aliphatic carbocycles. The van der Waals surface area contributed by atoms with Gasteiger partial charge >= 0.3 is 6.03 Å². The molecule has 0 fully saturated rings. The largest absolute Gasteiger partial charge is 0.338 e. The van der Waals surface area contributed by atoms with Crippen molar-refractivity contribution in [2.24, 2.45) is 0 Å². The zero-order valence-corrected chi connectivity index (χ0v) is 14.2. The number of aromatic nitrogens is 3. The summed E-state index contributed by atoms with van der Waals surface area (Å²) in [5.41, 5.74) is 2.92. The van der Waals surface area contributed by atoms with Gasteiger partial charge in [-0.3, -0.25) is 10.3 Å². The average molecular weight is 335 g/mol. The molecular formula is C19H21N5O. The molecule has 3 aromatic rings. The monoisotopic (exact) mass is 335 g/mol. The molecule has 0 bridgehead atoms. The Bertz CT molecular complexity index is 851. The minimum Gasteiger partial charge on any atom is -0.338 e. The van der Waals surface area contributed by atoms with Crippen LogP contribution in [0.15, 0.2) is 48.7 Å². The zero-order valence-electron chi connectivity index (χ0n) is 14.2. The van der Waals surface area contributed by atoms with Crippen LogP contribution < -0.4 is 10.6 Å². The van der Waals surface area contributed by atoms with Crippen molar-refractivity contribution in [1.82, 2.24) is 20.3 Å². The fraction of sp³-hybridized carbons (Fsp3) is 0.263. The second-order valence-electron chi connectivity index (χ2n) is 5.75. The molecule has 0 aliphatic heterocycles. The summed E-state index contributed by atoms with van der Waals surface area (Å²) in [6.45, 7) is 2.79. The van der Waals surface area contributed by atoms with Crippen LogP contribution in [0.4, 0.5) is 10.6 Å². The summed E-state index contributed by atoms with van der Waals surface area (Å²) in [4.78, 5) is 25.3. The van der Waals surface area contributed by atoms with Gasteiger partial charge in [0.2, 0.25) is 0 Å². The first kappa shape index (κ1) is 16.8. The number of fused-ring (bicyclic) bond motifs is 1. The molecule has 0 radical (unpaired) electrons. The molecular weight excluding hydrogens is 314 g/mol. The fourth-order valence-electron chi connectivity index (χ4n) is 2.45. The maximum absolute atomic E-state index is 11.9. The zero-order chi connectivity index (χ0) is 17.5. The molecule has 1 aromatic carbocycles. The number of pyridine rings is 1. The number of hydrogen-bond donors (Lipinski definition) is 2. The van der Waals surface area contributed by atoms with Crippen LogP contribution in [-0.2, 0) is 0 Å². The third-order valence-electron chi connectivity index (χ3n) is 3.78. The number of nitrogens with one attached hydrogen (secondary N) is 2. The Kier molecular flexibility index (Phi) is 5.51. The highest BCUT2D eigenvalue weighted by atomic mass is 16.2. The highest BCUT2D eigenvalue weighted by molar-refractivity contribution is 5.89. The van der Waals surface area contributed by atoms with E-state index >= 15 is 0 Å². The molecule has 0 saturated heterocycles. The van der Waals surface area contributed by atoms with Crippen molar-refractivity contribution in [2.75, 3.05) is 11.9 Å². The van der Waals surface area contributed by atoms with E-state index in [4.69, 9.17) is 0 Å². The van der Waals surface area contributed by atoms with Crippen LogP contribution >= 0.6 is 0 Å². The van der Waals surface area contributed by atoms with E-state index in [9.17, 15) is 4.79 Å². The van der Waals surface area contributed by atoms with Crippen molar-refractivity contribution in [3.63, 3.8) is 0 Å². The van der Waals surface area contributed by atoms with Gasteiger partial charge in [-0.2, -0.15) is 0 Å². The van der Waals surface area contributed by atoms with Crippen LogP contribution in [0.3, 0.4) is 0 Å². The lowest BCUT2D eigenvalue weighted by atomic mass is 10.2. The molecule has 2 N–H and O–H groups in total. The van der Waals surface area contributed by atoms with Crippen molar-refractivity contribution in [3.8, 4) is 11.3 Å². The number of carbonyl (C=O) groups excluding carboxylic acids is 1. The van der Waals surface area contributed by atoms with Crippen LogP contribution in [-0.4, -0.2) is 27.5 Å². The summed E-state index contributed by atoms with van der Waals surface area (Å²) in [7, 11) is 0. The lowest BCUT2D eigenvalue weighted by Gasteiger charge is -2.07. The smallest absolute Gasteiger partial charge is 0.320 e. The predicted molar refractivity (Wildman–Crippen MR) is 99.3 cm³/mol. The number of urea groups is 1. The standard InChI is InChI=1S/C19H21N5O/c1-2-3-7-12-20-19(25)24-17-11-10-15-18(23-17)22-16(13-21-15)14-8-5-4-6-9-14/h4-6,8-11,13H,2-3,7,12H2,1H3,(H2,20,22,23,24,25). The van der Waals surface area contributed by atoms with Gasteiger partial charge < -0.3 is 5.32 Å². The molecule has 0 saturated carbocycles. The third-order valence-corrected chi connectivity index (χ3v) is 3.78. The lowest BCUT2D eigenvalue weighted by Crippen LogP contribution is -2.29. The van der Waals surface area contributed by atoms with Gasteiger partial charge in [-0.05, 0) is 18.6 Å². The highest BCUT2D eigenvalue weighted by Gasteiger charge is 2.07. The van der Waals surface area contributed by atoms with Gasteiger partial charge in [0, 0.05) is 12.1 Å². The Labute approximate surface area is 146 Å². The molecule has 128 valence electrons. The predicted octanol–water partition coefficient (Wildman–Crippen LogP) is 4.00. The molecule has 2 amide bonds. The van der Waals surface area contributed by atoms with Crippen LogP contribution in [0, 0.1) is 0 Å². The molecule has 0 aliphatic rings. The van der Waals surface area contributed by atoms with Gasteiger partial charge in [0.25, 0.3) is 0 Å². The molecule has 3 rings (SSSR count). The van der Waals surface area contributed by atoms with E-state index in [1.54, 1.807) is 18.3 Å². The van der Waals surface area contributed by atoms with E-state index in [1.165, 1.54) is 0 Å². The average Bonchev–Trinajstić information content (AvgIpc) is 2.65. The number of benzene rings is 1. The second-order valence-corrected chi connectivity index (χ2v) is 5.75. The van der Waals surface area contributed by atoms with Gasteiger partial charge in [-0.25, -0.2) is 14.8 Å². The highest BCUT2D eigenvalue weighted by Crippen LogP contribution is 2.18.